The number of halogens is 3. The van der Waals surface area contributed by atoms with E-state index in [1.165, 1.54) is 166 Å². The molecule has 0 amide bonds. The molecule has 2 aliphatic carbocycles. The quantitative estimate of drug-likeness (QED) is 0.141. The first kappa shape index (κ1) is 50.5. The van der Waals surface area contributed by atoms with E-state index in [4.69, 9.17) is 0 Å². The smallest absolute Gasteiger partial charge is 0.122 e. The number of nitrogens with zero attached hydrogens (tertiary/aromatic N) is 3. The van der Waals surface area contributed by atoms with Crippen LogP contribution in [0.2, 0.25) is 6.55 Å². The second-order valence-electron chi connectivity index (χ2n) is 24.2. The van der Waals surface area contributed by atoms with Crippen LogP contribution in [0, 0.1) is 0 Å². The Morgan fingerprint density at radius 3 is 1.75 bits per heavy atom. The fraction of sp³-hybridized carbons (Fsp3) is 0.0909. The summed E-state index contributed by atoms with van der Waals surface area (Å²) in [5.41, 5.74) is 21.9. The minimum Gasteiger partial charge on any atom is -0.309 e. The van der Waals surface area contributed by atoms with E-state index in [9.17, 15) is 0 Å². The van der Waals surface area contributed by atoms with Gasteiger partial charge in [0.1, 0.15) is 8.07 Å². The van der Waals surface area contributed by atoms with Crippen LogP contribution >= 0.6 is 59.1 Å². The monoisotopic (exact) mass is 1320 g/mol. The van der Waals surface area contributed by atoms with E-state index in [0.29, 0.717) is 0 Å². The van der Waals surface area contributed by atoms with Crippen molar-refractivity contribution in [3.8, 4) is 28.2 Å². The average Bonchev–Trinajstić information content (AvgIpc) is 1.83. The van der Waals surface area contributed by atoms with Crippen molar-refractivity contribution in [3.05, 3.63) is 272 Å². The van der Waals surface area contributed by atoms with E-state index in [1.54, 1.807) is 0 Å². The van der Waals surface area contributed by atoms with Crippen molar-refractivity contribution in [2.24, 2.45) is 0 Å². The zero-order chi connectivity index (χ0) is 56.6. The summed E-state index contributed by atoms with van der Waals surface area (Å²) in [7, 11) is -2.56. The fourth-order valence-electron chi connectivity index (χ4n) is 16.1. The first-order valence-corrected chi connectivity index (χ1v) is 35.4. The van der Waals surface area contributed by atoms with Gasteiger partial charge in [-0.05, 0) is 164 Å². The van der Waals surface area contributed by atoms with Gasteiger partial charge < -0.3 is 13.7 Å². The van der Waals surface area contributed by atoms with Crippen LogP contribution in [0.4, 0.5) is 0 Å². The number of hydrogen-bond donors (Lipinski definition) is 0. The lowest BCUT2D eigenvalue weighted by Crippen LogP contribution is -2.55. The molecule has 0 bridgehead atoms. The van der Waals surface area contributed by atoms with Crippen molar-refractivity contribution in [2.45, 2.75) is 44.2 Å². The Labute approximate surface area is 522 Å². The third kappa shape index (κ3) is 7.03. The Kier molecular flexibility index (Phi) is 11.0. The third-order valence-corrected chi connectivity index (χ3v) is 27.6. The van der Waals surface area contributed by atoms with Crippen LogP contribution in [-0.2, 0) is 17.9 Å². The van der Waals surface area contributed by atoms with Gasteiger partial charge in [-0.1, -0.05) is 197 Å². The highest BCUT2D eigenvalue weighted by Crippen LogP contribution is 2.58. The van der Waals surface area contributed by atoms with Gasteiger partial charge in [-0.25, -0.2) is 0 Å². The molecule has 3 aliphatic rings. The maximum atomic E-state index is 4.40. The van der Waals surface area contributed by atoms with Gasteiger partial charge in [-0.15, -0.1) is 11.3 Å². The molecule has 1 aliphatic heterocycles. The number of aromatic nitrogens is 3. The Hall–Kier alpha value is -7.82. The first-order chi connectivity index (χ1) is 41.7. The van der Waals surface area contributed by atoms with Gasteiger partial charge in [0.25, 0.3) is 0 Å². The molecule has 0 fully saturated rings. The average molecular weight is 1320 g/mol. The molecule has 406 valence electrons. The molecule has 8 heteroatoms. The number of rotatable bonds is 7. The summed E-state index contributed by atoms with van der Waals surface area (Å²) in [5.74, 6) is 0. The maximum absolute atomic E-state index is 4.40. The maximum Gasteiger partial charge on any atom is 0.122 e. The number of fused-ring (bicyclic) bond motifs is 20. The SMILES string of the molecule is CC1(Cc2ccc3c4cc(Br)c5c(c4n(-c4ccccc4)c3c2)-c2ccccc2[Si]5(C)Cc2ccc3c4cc(Br)c5sc6ccccc6c5c4n(-c4ccccc4)c3c2)C2=C(CCC=C2)c2c1c(Br)cc1c3ccccc3n(-c3ccccc3)c21. The van der Waals surface area contributed by atoms with E-state index in [2.05, 4.69) is 306 Å². The molecule has 15 aromatic rings. The number of thiophene rings is 1. The van der Waals surface area contributed by atoms with Crippen LogP contribution in [0.15, 0.2) is 250 Å². The van der Waals surface area contributed by atoms with Gasteiger partial charge in [0.2, 0.25) is 0 Å². The number of allylic oxidation sites excluding steroid dienone is 4. The molecule has 0 N–H and O–H groups in total. The molecule has 4 aromatic heterocycles. The van der Waals surface area contributed by atoms with Crippen molar-refractivity contribution in [2.75, 3.05) is 0 Å². The highest BCUT2D eigenvalue weighted by Gasteiger charge is 2.47. The minimum absolute atomic E-state index is 0.305. The van der Waals surface area contributed by atoms with Gasteiger partial charge in [0, 0.05) is 94.8 Å². The summed E-state index contributed by atoms with van der Waals surface area (Å²) in [6.45, 7) is 5.15. The highest BCUT2D eigenvalue weighted by molar-refractivity contribution is 9.11. The Morgan fingerprint density at radius 1 is 0.494 bits per heavy atom. The summed E-state index contributed by atoms with van der Waals surface area (Å²) in [5, 5.41) is 13.2. The molecule has 0 saturated heterocycles. The molecule has 0 radical (unpaired) electrons. The summed E-state index contributed by atoms with van der Waals surface area (Å²) in [4.78, 5) is 0. The van der Waals surface area contributed by atoms with E-state index in [1.807, 2.05) is 11.3 Å². The molecule has 0 spiro atoms. The van der Waals surface area contributed by atoms with E-state index < -0.39 is 8.07 Å². The standard InChI is InChI=1S/C77H52Br3N3SSi/c1-77(59-30-16-12-27-53(59)68-71(77)60(78)40-56-50-26-13-17-31-63(50)81(72(56)68)47-20-6-3-7-21-47)43-45-34-36-51-58-42-62(80)76-70(74(58)83(64(51)38-45)49-24-10-5-11-25-49)55-29-15-19-33-67(55)85(76,2)44-46-35-37-52-57-41-61(79)75-69(54-28-14-18-32-66(54)84-75)73(57)82(65(52)39-46)48-22-8-4-9-23-48/h3-11,13-26,28-42H,12,27,43-44H2,1-2H3. The van der Waals surface area contributed by atoms with Gasteiger partial charge in [0.05, 0.1) is 37.8 Å². The summed E-state index contributed by atoms with van der Waals surface area (Å²) < 4.78 is 13.8. The lowest BCUT2D eigenvalue weighted by Gasteiger charge is -2.31. The van der Waals surface area contributed by atoms with Crippen LogP contribution in [-0.4, -0.2) is 21.8 Å². The molecule has 5 heterocycles. The Morgan fingerprint density at radius 2 is 1.04 bits per heavy atom. The van der Waals surface area contributed by atoms with Crippen molar-refractivity contribution in [1.29, 1.82) is 0 Å². The third-order valence-electron chi connectivity index (χ3n) is 19.5. The van der Waals surface area contributed by atoms with Crippen LogP contribution in [0.3, 0.4) is 0 Å². The topological polar surface area (TPSA) is 14.8 Å². The molecule has 18 rings (SSSR count). The van der Waals surface area contributed by atoms with Gasteiger partial charge in [0.15, 0.2) is 0 Å². The van der Waals surface area contributed by atoms with Crippen molar-refractivity contribution >= 4 is 169 Å². The summed E-state index contributed by atoms with van der Waals surface area (Å²) in [6, 6.07) is 83.4. The number of benzene rings is 11. The van der Waals surface area contributed by atoms with Gasteiger partial charge in [-0.3, -0.25) is 0 Å². The molecule has 2 atom stereocenters. The van der Waals surface area contributed by atoms with Crippen molar-refractivity contribution < 1.29 is 0 Å². The molecule has 0 saturated carbocycles. The van der Waals surface area contributed by atoms with Crippen molar-refractivity contribution in [1.82, 2.24) is 13.7 Å². The molecule has 3 nitrogen and oxygen atoms in total. The molecule has 2 unspecified atom stereocenters. The predicted molar refractivity (Wildman–Crippen MR) is 375 cm³/mol. The summed E-state index contributed by atoms with van der Waals surface area (Å²) >= 11 is 14.6. The Bertz CT molecular complexity index is 5490. The second-order valence-corrected chi connectivity index (χ2v) is 31.9. The summed E-state index contributed by atoms with van der Waals surface area (Å²) in [6.07, 6.45) is 7.78. The molecule has 85 heavy (non-hydrogen) atoms. The predicted octanol–water partition coefficient (Wildman–Crippen LogP) is 21.2. The van der Waals surface area contributed by atoms with E-state index in [-0.39, 0.29) is 5.41 Å². The highest BCUT2D eigenvalue weighted by atomic mass is 79.9. The minimum atomic E-state index is -2.56. The molecule has 11 aromatic carbocycles. The van der Waals surface area contributed by atoms with E-state index >= 15 is 0 Å². The normalized spacial score (nSPS) is 17.2. The lowest BCUT2D eigenvalue weighted by atomic mass is 9.73. The van der Waals surface area contributed by atoms with Crippen LogP contribution in [0.5, 0.6) is 0 Å². The zero-order valence-corrected chi connectivity index (χ0v) is 53.2. The van der Waals surface area contributed by atoms with Gasteiger partial charge >= 0.3 is 0 Å². The molecular formula is C77H52Br3N3SSi. The van der Waals surface area contributed by atoms with Crippen LogP contribution in [0.1, 0.15) is 42.0 Å². The molecular weight excluding hydrogens is 1270 g/mol. The van der Waals surface area contributed by atoms with E-state index in [0.717, 1.165) is 29.8 Å². The lowest BCUT2D eigenvalue weighted by molar-refractivity contribution is 0.574. The van der Waals surface area contributed by atoms with Gasteiger partial charge in [-0.2, -0.15) is 0 Å². The fourth-order valence-corrected chi connectivity index (χ4v) is 24.9. The number of hydrogen-bond acceptors (Lipinski definition) is 1. The second kappa shape index (κ2) is 18.6. The number of para-hydroxylation sites is 4. The van der Waals surface area contributed by atoms with Crippen LogP contribution < -0.4 is 10.4 Å². The zero-order valence-electron chi connectivity index (χ0n) is 46.7. The Balaban J connectivity index is 0.825. The largest absolute Gasteiger partial charge is 0.309 e. The van der Waals surface area contributed by atoms with Crippen LogP contribution in [0.25, 0.3) is 119 Å². The first-order valence-electron chi connectivity index (χ1n) is 29.5. The van der Waals surface area contributed by atoms with Crippen molar-refractivity contribution in [3.63, 3.8) is 0 Å².